The van der Waals surface area contributed by atoms with Crippen molar-refractivity contribution in [1.82, 2.24) is 15.1 Å². The summed E-state index contributed by atoms with van der Waals surface area (Å²) in [7, 11) is 0. The van der Waals surface area contributed by atoms with Crippen molar-refractivity contribution in [2.24, 2.45) is 0 Å². The minimum absolute atomic E-state index is 0.0688. The van der Waals surface area contributed by atoms with Crippen LogP contribution in [0.5, 0.6) is 0 Å². The van der Waals surface area contributed by atoms with Crippen molar-refractivity contribution in [2.45, 2.75) is 11.4 Å². The van der Waals surface area contributed by atoms with Gasteiger partial charge in [-0.05, 0) is 23.6 Å². The smallest absolute Gasteiger partial charge is 0.321 e. The molecule has 7 heteroatoms. The van der Waals surface area contributed by atoms with E-state index in [-0.39, 0.29) is 5.37 Å². The normalized spacial score (nSPS) is 20.3. The van der Waals surface area contributed by atoms with Crippen LogP contribution in [0, 0.1) is 0 Å². The number of carboxylic acid groups (broad SMARTS) is 1. The van der Waals surface area contributed by atoms with E-state index in [0.29, 0.717) is 5.75 Å². The Kier molecular flexibility index (Phi) is 4.13. The maximum atomic E-state index is 11.2. The van der Waals surface area contributed by atoms with Crippen molar-refractivity contribution < 1.29 is 9.90 Å². The molecule has 5 nitrogen and oxygen atoms in total. The number of nitrogens with zero attached hydrogens (tertiary/aromatic N) is 2. The summed E-state index contributed by atoms with van der Waals surface area (Å²) in [5.74, 6) is -0.251. The van der Waals surface area contributed by atoms with E-state index in [4.69, 9.17) is 5.10 Å². The number of carboxylic acids is 1. The zero-order valence-electron chi connectivity index (χ0n) is 12.6. The first kappa shape index (κ1) is 15.4. The molecule has 3 heterocycles. The van der Waals surface area contributed by atoms with Gasteiger partial charge in [0.15, 0.2) is 0 Å². The number of hydrogen-bond acceptors (Lipinski definition) is 5. The van der Waals surface area contributed by atoms with Crippen LogP contribution in [-0.2, 0) is 4.79 Å². The molecule has 1 aromatic carbocycles. The van der Waals surface area contributed by atoms with Gasteiger partial charge < -0.3 is 5.11 Å². The van der Waals surface area contributed by atoms with Crippen molar-refractivity contribution in [2.75, 3.05) is 5.75 Å². The molecule has 1 fully saturated rings. The summed E-state index contributed by atoms with van der Waals surface area (Å²) in [6, 6.07) is 13.5. The third-order valence-corrected chi connectivity index (χ3v) is 6.01. The van der Waals surface area contributed by atoms with Crippen molar-refractivity contribution in [3.8, 4) is 16.3 Å². The van der Waals surface area contributed by atoms with Crippen molar-refractivity contribution >= 4 is 29.1 Å². The van der Waals surface area contributed by atoms with Crippen LogP contribution < -0.4 is 5.32 Å². The van der Waals surface area contributed by atoms with Crippen LogP contribution in [-0.4, -0.2) is 32.7 Å². The van der Waals surface area contributed by atoms with Crippen LogP contribution >= 0.6 is 23.1 Å². The molecular formula is C17H15N3O2S2. The fraction of sp³-hybridized carbons (Fsp3) is 0.176. The molecular weight excluding hydrogens is 342 g/mol. The molecule has 4 rings (SSSR count). The van der Waals surface area contributed by atoms with E-state index in [9.17, 15) is 9.90 Å². The highest BCUT2D eigenvalue weighted by molar-refractivity contribution is 7.99. The van der Waals surface area contributed by atoms with E-state index < -0.39 is 12.0 Å². The summed E-state index contributed by atoms with van der Waals surface area (Å²) in [6.45, 7) is 0. The van der Waals surface area contributed by atoms with Gasteiger partial charge in [0.1, 0.15) is 11.7 Å². The minimum atomic E-state index is -0.807. The number of para-hydroxylation sites is 1. The predicted molar refractivity (Wildman–Crippen MR) is 96.6 cm³/mol. The third kappa shape index (κ3) is 2.86. The molecule has 1 saturated heterocycles. The van der Waals surface area contributed by atoms with Crippen LogP contribution in [0.15, 0.2) is 54.0 Å². The molecule has 2 N–H and O–H groups in total. The molecule has 122 valence electrons. The molecule has 0 spiro atoms. The van der Waals surface area contributed by atoms with Gasteiger partial charge in [-0.1, -0.05) is 24.3 Å². The molecule has 0 saturated carbocycles. The highest BCUT2D eigenvalue weighted by Crippen LogP contribution is 2.39. The first-order valence-corrected chi connectivity index (χ1v) is 9.44. The summed E-state index contributed by atoms with van der Waals surface area (Å²) < 4.78 is 1.86. The largest absolute Gasteiger partial charge is 0.480 e. The number of aromatic nitrogens is 2. The lowest BCUT2D eigenvalue weighted by Gasteiger charge is -2.10. The van der Waals surface area contributed by atoms with E-state index in [2.05, 4.69) is 5.32 Å². The first-order chi connectivity index (χ1) is 11.7. The highest BCUT2D eigenvalue weighted by atomic mass is 32.2. The van der Waals surface area contributed by atoms with Crippen LogP contribution in [0.1, 0.15) is 10.9 Å². The lowest BCUT2D eigenvalue weighted by Crippen LogP contribution is -2.33. The second kappa shape index (κ2) is 6.43. The number of carbonyl (C=O) groups is 1. The van der Waals surface area contributed by atoms with E-state index in [1.807, 2.05) is 58.7 Å². The monoisotopic (exact) mass is 357 g/mol. The highest BCUT2D eigenvalue weighted by Gasteiger charge is 2.33. The Morgan fingerprint density at radius 3 is 2.75 bits per heavy atom. The molecule has 0 unspecified atom stereocenters. The molecule has 0 amide bonds. The minimum Gasteiger partial charge on any atom is -0.480 e. The Bertz CT molecular complexity index is 846. The SMILES string of the molecule is O=C(O)[C@@H]1CS[C@@H](c2cn(-c3ccccc3)nc2-c2cccs2)N1. The molecule has 0 radical (unpaired) electrons. The predicted octanol–water partition coefficient (Wildman–Crippen LogP) is 3.39. The maximum absolute atomic E-state index is 11.2. The summed E-state index contributed by atoms with van der Waals surface area (Å²) in [6.07, 6.45) is 2.00. The van der Waals surface area contributed by atoms with E-state index in [1.54, 1.807) is 23.1 Å². The summed E-state index contributed by atoms with van der Waals surface area (Å²) in [5, 5.41) is 19.1. The standard InChI is InChI=1S/C17H15N3O2S2/c21-17(22)13-10-24-16(18-13)12-9-20(11-5-2-1-3-6-11)19-15(12)14-7-4-8-23-14/h1-9,13,16,18H,10H2,(H,21,22)/t13-,16-/m0/s1. The van der Waals surface area contributed by atoms with E-state index in [0.717, 1.165) is 21.8 Å². The second-order valence-electron chi connectivity index (χ2n) is 5.46. The van der Waals surface area contributed by atoms with Crippen LogP contribution in [0.25, 0.3) is 16.3 Å². The van der Waals surface area contributed by atoms with Gasteiger partial charge in [0.2, 0.25) is 0 Å². The van der Waals surface area contributed by atoms with Crippen LogP contribution in [0.3, 0.4) is 0 Å². The number of nitrogens with one attached hydrogen (secondary N) is 1. The number of aliphatic carboxylic acids is 1. The topological polar surface area (TPSA) is 67.1 Å². The quantitative estimate of drug-likeness (QED) is 0.749. The summed E-state index contributed by atoms with van der Waals surface area (Å²) >= 11 is 3.25. The van der Waals surface area contributed by atoms with E-state index in [1.165, 1.54) is 0 Å². The van der Waals surface area contributed by atoms with E-state index >= 15 is 0 Å². The molecule has 2 atom stereocenters. The molecule has 2 aromatic heterocycles. The van der Waals surface area contributed by atoms with Crippen molar-refractivity contribution in [1.29, 1.82) is 0 Å². The Morgan fingerprint density at radius 1 is 1.25 bits per heavy atom. The molecule has 0 aliphatic carbocycles. The average molecular weight is 357 g/mol. The average Bonchev–Trinajstić information content (AvgIpc) is 3.33. The van der Waals surface area contributed by atoms with Crippen LogP contribution in [0.4, 0.5) is 0 Å². The maximum Gasteiger partial charge on any atom is 0.321 e. The third-order valence-electron chi connectivity index (χ3n) is 3.88. The van der Waals surface area contributed by atoms with Gasteiger partial charge in [0.25, 0.3) is 0 Å². The lowest BCUT2D eigenvalue weighted by molar-refractivity contribution is -0.138. The molecule has 1 aliphatic rings. The second-order valence-corrected chi connectivity index (χ2v) is 7.55. The molecule has 3 aromatic rings. The number of rotatable bonds is 4. The van der Waals surface area contributed by atoms with Gasteiger partial charge in [-0.2, -0.15) is 5.10 Å². The Morgan fingerprint density at radius 2 is 2.08 bits per heavy atom. The molecule has 0 bridgehead atoms. The van der Waals surface area contributed by atoms with Gasteiger partial charge in [0.05, 0.1) is 15.9 Å². The summed E-state index contributed by atoms with van der Waals surface area (Å²) in [5.41, 5.74) is 2.92. The Balaban J connectivity index is 1.75. The lowest BCUT2D eigenvalue weighted by atomic mass is 10.2. The van der Waals surface area contributed by atoms with Gasteiger partial charge in [0, 0.05) is 17.5 Å². The Labute approximate surface area is 147 Å². The van der Waals surface area contributed by atoms with Crippen molar-refractivity contribution in [3.05, 3.63) is 59.6 Å². The van der Waals surface area contributed by atoms with Gasteiger partial charge in [-0.3, -0.25) is 10.1 Å². The number of thioether (sulfide) groups is 1. The zero-order valence-corrected chi connectivity index (χ0v) is 14.3. The Hall–Kier alpha value is -2.09. The number of hydrogen-bond donors (Lipinski definition) is 2. The van der Waals surface area contributed by atoms with Crippen molar-refractivity contribution in [3.63, 3.8) is 0 Å². The van der Waals surface area contributed by atoms with Gasteiger partial charge >= 0.3 is 5.97 Å². The van der Waals surface area contributed by atoms with Gasteiger partial charge in [-0.25, -0.2) is 4.68 Å². The number of benzene rings is 1. The zero-order chi connectivity index (χ0) is 16.5. The first-order valence-electron chi connectivity index (χ1n) is 7.51. The fourth-order valence-corrected chi connectivity index (χ4v) is 4.66. The number of thiophene rings is 1. The molecule has 24 heavy (non-hydrogen) atoms. The fourth-order valence-electron chi connectivity index (χ4n) is 2.69. The summed E-state index contributed by atoms with van der Waals surface area (Å²) in [4.78, 5) is 12.3. The molecule has 1 aliphatic heterocycles. The van der Waals surface area contributed by atoms with Gasteiger partial charge in [-0.15, -0.1) is 23.1 Å². The van der Waals surface area contributed by atoms with Crippen LogP contribution in [0.2, 0.25) is 0 Å².